The van der Waals surface area contributed by atoms with Crippen LogP contribution in [0, 0.1) is 5.92 Å². The molecule has 2 radical (unpaired) electrons. The molecular formula is C17H31BO3P3+3. The molecule has 2 aliphatic rings. The Morgan fingerprint density at radius 2 is 1.88 bits per heavy atom. The number of rotatable bonds is 9. The Morgan fingerprint density at radius 1 is 1.25 bits per heavy atom. The number of hydrogen-bond donors (Lipinski definition) is 2. The van der Waals surface area contributed by atoms with Crippen LogP contribution in [0.5, 0.6) is 0 Å². The third kappa shape index (κ3) is 3.62. The standard InChI is InChI=1S/C17H31BO3P3/c1-7-22(4)10-13(23(5)8-2)24(6)11-21-17-9-12(17)14(18)16(3,20)15(17)19/h12-15,19-20H,4-11H2,1-3H3/q+3/t12?,13?,14-,15+,16+,17?/m1/s1. The van der Waals surface area contributed by atoms with Gasteiger partial charge in [-0.15, -0.1) is 0 Å². The number of aliphatic hydroxyl groups excluding tert-OH is 1. The molecule has 0 aliphatic heterocycles. The zero-order chi connectivity index (χ0) is 18.3. The van der Waals surface area contributed by atoms with Gasteiger partial charge in [0, 0.05) is 0 Å². The molecule has 0 aromatic carbocycles. The minimum atomic E-state index is -1.27. The van der Waals surface area contributed by atoms with Crippen LogP contribution < -0.4 is 0 Å². The second-order valence-electron chi connectivity index (χ2n) is 7.34. The fourth-order valence-electron chi connectivity index (χ4n) is 3.68. The molecule has 132 valence electrons. The van der Waals surface area contributed by atoms with Gasteiger partial charge in [0.05, 0.1) is 39.9 Å². The van der Waals surface area contributed by atoms with Crippen molar-refractivity contribution >= 4 is 49.4 Å². The predicted octanol–water partition coefficient (Wildman–Crippen LogP) is 2.91. The lowest BCUT2D eigenvalue weighted by Gasteiger charge is -2.31. The summed E-state index contributed by atoms with van der Waals surface area (Å²) in [6, 6.07) is 0. The number of ether oxygens (including phenoxy) is 1. The molecule has 2 N–H and O–H groups in total. The lowest BCUT2D eigenvalue weighted by atomic mass is 9.73. The van der Waals surface area contributed by atoms with Crippen molar-refractivity contribution < 1.29 is 14.9 Å². The summed E-state index contributed by atoms with van der Waals surface area (Å²) < 4.78 is 6.18. The molecule has 2 fully saturated rings. The topological polar surface area (TPSA) is 49.7 Å². The summed E-state index contributed by atoms with van der Waals surface area (Å²) in [6.45, 7) is 6.00. The van der Waals surface area contributed by atoms with Crippen LogP contribution in [0.4, 0.5) is 0 Å². The van der Waals surface area contributed by atoms with Crippen molar-refractivity contribution in [1.29, 1.82) is 0 Å². The molecule has 3 nitrogen and oxygen atoms in total. The smallest absolute Gasteiger partial charge is 0.302 e. The summed E-state index contributed by atoms with van der Waals surface area (Å²) in [5, 5.41) is 21.4. The molecule has 0 aromatic rings. The third-order valence-corrected chi connectivity index (χ3v) is 13.4. The van der Waals surface area contributed by atoms with Crippen molar-refractivity contribution in [2.45, 2.75) is 55.7 Å². The molecular weight excluding hydrogens is 356 g/mol. The zero-order valence-corrected chi connectivity index (χ0v) is 17.9. The average Bonchev–Trinajstić information content (AvgIpc) is 3.27. The molecule has 7 heteroatoms. The van der Waals surface area contributed by atoms with Crippen molar-refractivity contribution in [1.82, 2.24) is 0 Å². The van der Waals surface area contributed by atoms with Gasteiger partial charge in [-0.25, -0.2) is 0 Å². The van der Waals surface area contributed by atoms with Crippen LogP contribution in [0.2, 0.25) is 5.82 Å². The number of aliphatic hydroxyl groups is 2. The van der Waals surface area contributed by atoms with Crippen LogP contribution in [0.1, 0.15) is 27.2 Å². The molecule has 0 saturated heterocycles. The third-order valence-electron chi connectivity index (χ3n) is 5.75. The van der Waals surface area contributed by atoms with Gasteiger partial charge in [0.2, 0.25) is 6.35 Å². The maximum atomic E-state index is 10.5. The molecule has 2 saturated carbocycles. The van der Waals surface area contributed by atoms with E-state index in [1.54, 1.807) is 6.92 Å². The first-order valence-corrected chi connectivity index (χ1v) is 14.1. The van der Waals surface area contributed by atoms with Crippen molar-refractivity contribution in [2.24, 2.45) is 5.92 Å². The van der Waals surface area contributed by atoms with Gasteiger partial charge < -0.3 is 14.9 Å². The Hall–Kier alpha value is 0.455. The lowest BCUT2D eigenvalue weighted by molar-refractivity contribution is -0.114. The van der Waals surface area contributed by atoms with E-state index in [4.69, 9.17) is 12.6 Å². The summed E-state index contributed by atoms with van der Waals surface area (Å²) >= 11 is 0. The first kappa shape index (κ1) is 20.8. The fourth-order valence-corrected chi connectivity index (χ4v) is 11.2. The van der Waals surface area contributed by atoms with Gasteiger partial charge in [0.25, 0.3) is 0 Å². The van der Waals surface area contributed by atoms with Gasteiger partial charge in [-0.2, -0.15) is 0 Å². The molecule has 0 spiro atoms. The second-order valence-corrected chi connectivity index (χ2v) is 14.6. The Morgan fingerprint density at radius 3 is 2.33 bits per heavy atom. The van der Waals surface area contributed by atoms with E-state index in [0.29, 0.717) is 11.7 Å². The van der Waals surface area contributed by atoms with Gasteiger partial charge in [-0.1, -0.05) is 0 Å². The van der Waals surface area contributed by atoms with Crippen LogP contribution in [0.25, 0.3) is 0 Å². The molecule has 24 heavy (non-hydrogen) atoms. The zero-order valence-electron chi connectivity index (χ0n) is 15.2. The van der Waals surface area contributed by atoms with Crippen molar-refractivity contribution in [3.05, 3.63) is 0 Å². The maximum Gasteiger partial charge on any atom is 0.302 e. The highest BCUT2D eigenvalue weighted by Gasteiger charge is 2.75. The Kier molecular flexibility index (Phi) is 6.57. The molecule has 2 rings (SSSR count). The van der Waals surface area contributed by atoms with Gasteiger partial charge in [-0.3, -0.25) is 0 Å². The number of hydrogen-bond acceptors (Lipinski definition) is 3. The van der Waals surface area contributed by atoms with Crippen LogP contribution in [-0.2, 0) is 4.74 Å². The lowest BCUT2D eigenvalue weighted by Crippen LogP contribution is -2.46. The quantitative estimate of drug-likeness (QED) is 0.473. The summed E-state index contributed by atoms with van der Waals surface area (Å²) in [5.41, 5.74) is -1.92. The Labute approximate surface area is 151 Å². The highest BCUT2D eigenvalue weighted by molar-refractivity contribution is 7.75. The largest absolute Gasteiger partial charge is 0.388 e. The van der Waals surface area contributed by atoms with Crippen LogP contribution in [0.15, 0.2) is 0 Å². The summed E-state index contributed by atoms with van der Waals surface area (Å²) in [5.74, 6) is -0.370. The van der Waals surface area contributed by atoms with Gasteiger partial charge >= 0.3 is 5.40 Å². The highest BCUT2D eigenvalue weighted by Crippen LogP contribution is 2.67. The number of fused-ring (bicyclic) bond motifs is 1. The fraction of sp³-hybridized carbons (Fsp3) is 0.824. The van der Waals surface area contributed by atoms with Crippen molar-refractivity contribution in [3.8, 4) is 0 Å². The molecule has 0 bridgehead atoms. The van der Waals surface area contributed by atoms with Gasteiger partial charge in [0.15, 0.2) is 13.7 Å². The van der Waals surface area contributed by atoms with E-state index in [-0.39, 0.29) is 21.0 Å². The van der Waals surface area contributed by atoms with E-state index in [1.165, 1.54) is 0 Å². The average molecular weight is 387 g/mol. The van der Waals surface area contributed by atoms with E-state index in [1.807, 2.05) is 0 Å². The maximum absolute atomic E-state index is 10.5. The SMILES string of the molecule is [B][C@@H]1C2CC2(OC[P+](=C)C(C[P+](=C)CC)[P+](=C)CC)[C@@H](O)[C@@]1(C)O. The van der Waals surface area contributed by atoms with E-state index in [9.17, 15) is 10.2 Å². The van der Waals surface area contributed by atoms with Gasteiger partial charge in [0.1, 0.15) is 31.6 Å². The molecule has 0 aromatic heterocycles. The van der Waals surface area contributed by atoms with E-state index in [0.717, 1.165) is 24.9 Å². The van der Waals surface area contributed by atoms with Crippen LogP contribution in [-0.4, -0.2) is 84.5 Å². The first-order chi connectivity index (χ1) is 11.1. The first-order valence-electron chi connectivity index (χ1n) is 8.61. The predicted molar refractivity (Wildman–Crippen MR) is 115 cm³/mol. The Bertz CT molecular complexity index is 551. The summed E-state index contributed by atoms with van der Waals surface area (Å²) in [6.07, 6.45) is 16.8. The molecule has 6 unspecified atom stereocenters. The monoisotopic (exact) mass is 387 g/mol. The van der Waals surface area contributed by atoms with Crippen molar-refractivity contribution in [2.75, 3.05) is 24.8 Å². The molecule has 0 amide bonds. The van der Waals surface area contributed by atoms with E-state index >= 15 is 0 Å². The molecule has 2 aliphatic carbocycles. The summed E-state index contributed by atoms with van der Waals surface area (Å²) in [7, 11) is 4.99. The molecule has 9 atom stereocenters. The highest BCUT2D eigenvalue weighted by atomic mass is 31.2. The second kappa shape index (κ2) is 7.60. The molecule has 0 heterocycles. The normalized spacial score (nSPS) is 40.7. The van der Waals surface area contributed by atoms with E-state index < -0.39 is 30.7 Å². The minimum Gasteiger partial charge on any atom is -0.388 e. The van der Waals surface area contributed by atoms with Crippen LogP contribution in [0.3, 0.4) is 0 Å². The van der Waals surface area contributed by atoms with Gasteiger partial charge in [-0.05, 0) is 38.9 Å². The Balaban J connectivity index is 2.02. The van der Waals surface area contributed by atoms with Crippen LogP contribution >= 0.6 is 22.6 Å². The van der Waals surface area contributed by atoms with Crippen molar-refractivity contribution in [3.63, 3.8) is 0 Å². The summed E-state index contributed by atoms with van der Waals surface area (Å²) in [4.78, 5) is 0. The van der Waals surface area contributed by atoms with E-state index in [2.05, 4.69) is 32.7 Å². The minimum absolute atomic E-state index is 0.0531.